The Kier molecular flexibility index (Phi) is 4.00. The molecule has 0 aliphatic heterocycles. The number of hydrogen-bond donors (Lipinski definition) is 1. The Hall–Kier alpha value is -2.09. The van der Waals surface area contributed by atoms with Crippen molar-refractivity contribution in [2.75, 3.05) is 0 Å². The van der Waals surface area contributed by atoms with Crippen LogP contribution in [0.3, 0.4) is 0 Å². The molecular formula is C17H18O2. The van der Waals surface area contributed by atoms with Crippen LogP contribution in [0.25, 0.3) is 11.1 Å². The van der Waals surface area contributed by atoms with Crippen molar-refractivity contribution in [2.45, 2.75) is 26.7 Å². The Morgan fingerprint density at radius 3 is 2.37 bits per heavy atom. The number of benzene rings is 2. The third-order valence-corrected chi connectivity index (χ3v) is 3.25. The summed E-state index contributed by atoms with van der Waals surface area (Å²) in [6.45, 7) is 3.65. The summed E-state index contributed by atoms with van der Waals surface area (Å²) >= 11 is 0. The molecular weight excluding hydrogens is 236 g/mol. The average Bonchev–Trinajstić information content (AvgIpc) is 2.41. The molecule has 0 saturated heterocycles. The molecule has 0 bridgehead atoms. The Morgan fingerprint density at radius 2 is 1.79 bits per heavy atom. The first-order valence-corrected chi connectivity index (χ1v) is 6.51. The zero-order chi connectivity index (χ0) is 13.8. The van der Waals surface area contributed by atoms with E-state index in [9.17, 15) is 9.90 Å². The highest BCUT2D eigenvalue weighted by Gasteiger charge is 2.11. The highest BCUT2D eigenvalue weighted by atomic mass is 16.3. The smallest absolute Gasteiger partial charge is 0.134 e. The molecule has 0 aliphatic carbocycles. The molecule has 0 aromatic heterocycles. The van der Waals surface area contributed by atoms with Crippen molar-refractivity contribution >= 4 is 5.78 Å². The fourth-order valence-electron chi connectivity index (χ4n) is 2.20. The molecule has 0 heterocycles. The van der Waals surface area contributed by atoms with E-state index < -0.39 is 0 Å². The number of hydrogen-bond acceptors (Lipinski definition) is 2. The van der Waals surface area contributed by atoms with E-state index in [0.29, 0.717) is 5.56 Å². The van der Waals surface area contributed by atoms with Crippen LogP contribution in [0, 0.1) is 0 Å². The summed E-state index contributed by atoms with van der Waals surface area (Å²) in [6.07, 6.45) is 1.26. The molecule has 0 spiro atoms. The van der Waals surface area contributed by atoms with Crippen LogP contribution in [0.1, 0.15) is 25.0 Å². The molecule has 0 aliphatic rings. The lowest BCUT2D eigenvalue weighted by molar-refractivity contribution is -0.116. The molecule has 0 radical (unpaired) electrons. The third kappa shape index (κ3) is 3.02. The second-order valence-corrected chi connectivity index (χ2v) is 4.73. The molecule has 2 heteroatoms. The van der Waals surface area contributed by atoms with Crippen molar-refractivity contribution in [1.82, 2.24) is 0 Å². The van der Waals surface area contributed by atoms with Gasteiger partial charge in [-0.2, -0.15) is 0 Å². The summed E-state index contributed by atoms with van der Waals surface area (Å²) in [5.74, 6) is 0.236. The second kappa shape index (κ2) is 5.70. The fourth-order valence-corrected chi connectivity index (χ4v) is 2.20. The highest BCUT2D eigenvalue weighted by molar-refractivity contribution is 5.83. The number of phenolic OH excluding ortho intramolecular Hbond substituents is 1. The lowest BCUT2D eigenvalue weighted by Gasteiger charge is -2.11. The van der Waals surface area contributed by atoms with Crippen molar-refractivity contribution < 1.29 is 9.90 Å². The number of aromatic hydroxyl groups is 1. The van der Waals surface area contributed by atoms with Gasteiger partial charge >= 0.3 is 0 Å². The van der Waals surface area contributed by atoms with Crippen molar-refractivity contribution in [3.8, 4) is 16.9 Å². The first-order valence-electron chi connectivity index (χ1n) is 6.51. The minimum absolute atomic E-state index is 0.0490. The SMILES string of the molecule is CCc1ccc(-c2cccc(O)c2CC(C)=O)cc1. The lowest BCUT2D eigenvalue weighted by atomic mass is 9.95. The Balaban J connectivity index is 2.48. The molecule has 19 heavy (non-hydrogen) atoms. The van der Waals surface area contributed by atoms with Crippen LogP contribution in [0.2, 0.25) is 0 Å². The fraction of sp³-hybridized carbons (Fsp3) is 0.235. The van der Waals surface area contributed by atoms with Gasteiger partial charge in [0.1, 0.15) is 11.5 Å². The number of carbonyl (C=O) groups excluding carboxylic acids is 1. The van der Waals surface area contributed by atoms with Gasteiger partial charge in [-0.05, 0) is 36.1 Å². The summed E-state index contributed by atoms with van der Waals surface area (Å²) in [4.78, 5) is 11.3. The number of ketones is 1. The molecule has 0 atom stereocenters. The Labute approximate surface area is 113 Å². The summed E-state index contributed by atoms with van der Waals surface area (Å²) in [6, 6.07) is 13.6. The predicted octanol–water partition coefficient (Wildman–Crippen LogP) is 3.75. The van der Waals surface area contributed by atoms with Crippen LogP contribution in [-0.2, 0) is 17.6 Å². The topological polar surface area (TPSA) is 37.3 Å². The minimum Gasteiger partial charge on any atom is -0.508 e. The van der Waals surface area contributed by atoms with Crippen LogP contribution in [0.4, 0.5) is 0 Å². The molecule has 2 aromatic carbocycles. The zero-order valence-corrected chi connectivity index (χ0v) is 11.3. The van der Waals surface area contributed by atoms with E-state index in [1.165, 1.54) is 12.5 Å². The number of aryl methyl sites for hydroxylation is 1. The van der Waals surface area contributed by atoms with Crippen LogP contribution in [0.15, 0.2) is 42.5 Å². The summed E-state index contributed by atoms with van der Waals surface area (Å²) in [7, 11) is 0. The number of rotatable bonds is 4. The molecule has 0 amide bonds. The predicted molar refractivity (Wildman–Crippen MR) is 77.3 cm³/mol. The van der Waals surface area contributed by atoms with Crippen molar-refractivity contribution in [2.24, 2.45) is 0 Å². The van der Waals surface area contributed by atoms with Crippen LogP contribution < -0.4 is 0 Å². The largest absolute Gasteiger partial charge is 0.508 e. The summed E-state index contributed by atoms with van der Waals surface area (Å²) in [5.41, 5.74) is 3.94. The number of carbonyl (C=O) groups is 1. The van der Waals surface area contributed by atoms with Crippen LogP contribution in [-0.4, -0.2) is 10.9 Å². The van der Waals surface area contributed by atoms with Gasteiger partial charge in [0.15, 0.2) is 0 Å². The van der Waals surface area contributed by atoms with E-state index in [2.05, 4.69) is 19.1 Å². The van der Waals surface area contributed by atoms with E-state index in [1.807, 2.05) is 24.3 Å². The monoisotopic (exact) mass is 254 g/mol. The highest BCUT2D eigenvalue weighted by Crippen LogP contribution is 2.30. The molecule has 0 saturated carbocycles. The van der Waals surface area contributed by atoms with Crippen LogP contribution >= 0.6 is 0 Å². The zero-order valence-electron chi connectivity index (χ0n) is 11.3. The van der Waals surface area contributed by atoms with Gasteiger partial charge < -0.3 is 5.11 Å². The van der Waals surface area contributed by atoms with E-state index in [4.69, 9.17) is 0 Å². The first-order chi connectivity index (χ1) is 9.11. The summed E-state index contributed by atoms with van der Waals surface area (Å²) < 4.78 is 0. The third-order valence-electron chi connectivity index (χ3n) is 3.25. The van der Waals surface area contributed by atoms with Gasteiger partial charge in [0.2, 0.25) is 0 Å². The second-order valence-electron chi connectivity index (χ2n) is 4.73. The number of Topliss-reactive ketones (excluding diaryl/α,β-unsaturated/α-hetero) is 1. The molecule has 98 valence electrons. The lowest BCUT2D eigenvalue weighted by Crippen LogP contribution is -1.99. The van der Waals surface area contributed by atoms with E-state index >= 15 is 0 Å². The summed E-state index contributed by atoms with van der Waals surface area (Å²) in [5, 5.41) is 9.95. The molecule has 2 aromatic rings. The molecule has 0 unspecified atom stereocenters. The van der Waals surface area contributed by atoms with E-state index in [1.54, 1.807) is 6.07 Å². The van der Waals surface area contributed by atoms with Gasteiger partial charge in [-0.25, -0.2) is 0 Å². The van der Waals surface area contributed by atoms with Gasteiger partial charge in [-0.15, -0.1) is 0 Å². The normalized spacial score (nSPS) is 10.4. The Bertz CT molecular complexity index is 583. The molecule has 2 rings (SSSR count). The maximum absolute atomic E-state index is 11.3. The molecule has 2 nitrogen and oxygen atoms in total. The van der Waals surface area contributed by atoms with Crippen LogP contribution in [0.5, 0.6) is 5.75 Å². The maximum atomic E-state index is 11.3. The quantitative estimate of drug-likeness (QED) is 0.902. The van der Waals surface area contributed by atoms with Crippen molar-refractivity contribution in [3.05, 3.63) is 53.6 Å². The number of phenols is 1. The first kappa shape index (κ1) is 13.3. The van der Waals surface area contributed by atoms with E-state index in [0.717, 1.165) is 17.5 Å². The maximum Gasteiger partial charge on any atom is 0.134 e. The minimum atomic E-state index is 0.0490. The van der Waals surface area contributed by atoms with Gasteiger partial charge in [0.05, 0.1) is 0 Å². The molecule has 1 N–H and O–H groups in total. The van der Waals surface area contributed by atoms with Gasteiger partial charge in [0, 0.05) is 12.0 Å². The van der Waals surface area contributed by atoms with Gasteiger partial charge in [-0.3, -0.25) is 4.79 Å². The van der Waals surface area contributed by atoms with Crippen molar-refractivity contribution in [1.29, 1.82) is 0 Å². The van der Waals surface area contributed by atoms with E-state index in [-0.39, 0.29) is 18.0 Å². The average molecular weight is 254 g/mol. The van der Waals surface area contributed by atoms with Crippen molar-refractivity contribution in [3.63, 3.8) is 0 Å². The standard InChI is InChI=1S/C17H18O2/c1-3-13-7-9-14(10-8-13)15-5-4-6-17(19)16(15)11-12(2)18/h4-10,19H,3,11H2,1-2H3. The van der Waals surface area contributed by atoms with Gasteiger partial charge in [-0.1, -0.05) is 43.3 Å². The Morgan fingerprint density at radius 1 is 1.11 bits per heavy atom. The molecule has 0 fully saturated rings. The van der Waals surface area contributed by atoms with Gasteiger partial charge in [0.25, 0.3) is 0 Å².